The first kappa shape index (κ1) is 17.6. The molecule has 0 fully saturated rings. The number of amides is 2. The molecule has 0 unspecified atom stereocenters. The second-order valence-electron chi connectivity index (χ2n) is 5.85. The minimum Gasteiger partial charge on any atom is -0.443 e. The van der Waals surface area contributed by atoms with Crippen molar-refractivity contribution in [2.24, 2.45) is 5.10 Å². The first-order chi connectivity index (χ1) is 10.2. The van der Waals surface area contributed by atoms with E-state index in [0.29, 0.717) is 11.5 Å². The number of hydrazone groups is 1. The number of ether oxygens (including phenoxy) is 1. The molecule has 22 heavy (non-hydrogen) atoms. The van der Waals surface area contributed by atoms with Crippen LogP contribution in [0.3, 0.4) is 0 Å². The summed E-state index contributed by atoms with van der Waals surface area (Å²) in [4.78, 5) is 27.4. The second kappa shape index (κ2) is 7.53. The minimum atomic E-state index is -0.660. The van der Waals surface area contributed by atoms with Crippen LogP contribution in [-0.2, 0) is 9.53 Å². The third-order valence-corrected chi connectivity index (χ3v) is 2.31. The lowest BCUT2D eigenvalue weighted by molar-refractivity contribution is -0.115. The Morgan fingerprint density at radius 2 is 2.00 bits per heavy atom. The van der Waals surface area contributed by atoms with Crippen molar-refractivity contribution < 1.29 is 14.3 Å². The fourth-order valence-corrected chi connectivity index (χ4v) is 1.51. The highest BCUT2D eigenvalue weighted by atomic mass is 16.6. The van der Waals surface area contributed by atoms with E-state index >= 15 is 0 Å². The van der Waals surface area contributed by atoms with E-state index in [0.717, 1.165) is 5.69 Å². The van der Waals surface area contributed by atoms with E-state index in [1.807, 2.05) is 19.1 Å². The van der Waals surface area contributed by atoms with Crippen LogP contribution in [0.2, 0.25) is 0 Å². The van der Waals surface area contributed by atoms with Gasteiger partial charge in [0, 0.05) is 11.4 Å². The third-order valence-electron chi connectivity index (χ3n) is 2.31. The molecule has 0 bridgehead atoms. The van der Waals surface area contributed by atoms with Gasteiger partial charge in [-0.2, -0.15) is 5.10 Å². The highest BCUT2D eigenvalue weighted by Gasteiger charge is 2.15. The number of carbonyl (C=O) groups excluding carboxylic acids is 2. The largest absolute Gasteiger partial charge is 0.443 e. The first-order valence-corrected chi connectivity index (χ1v) is 6.91. The van der Waals surface area contributed by atoms with E-state index < -0.39 is 11.7 Å². The molecule has 0 spiro atoms. The Balaban J connectivity index is 2.46. The molecule has 0 aliphatic rings. The van der Waals surface area contributed by atoms with Crippen molar-refractivity contribution in [3.05, 3.63) is 23.9 Å². The molecule has 0 aliphatic heterocycles. The lowest BCUT2D eigenvalue weighted by Crippen LogP contribution is -2.30. The van der Waals surface area contributed by atoms with E-state index in [1.165, 1.54) is 0 Å². The summed E-state index contributed by atoms with van der Waals surface area (Å²) in [5.74, 6) is 0.225. The van der Waals surface area contributed by atoms with Crippen molar-refractivity contribution in [3.63, 3.8) is 0 Å². The van der Waals surface area contributed by atoms with E-state index in [2.05, 4.69) is 20.8 Å². The molecular weight excluding hydrogens is 284 g/mol. The van der Waals surface area contributed by atoms with Gasteiger partial charge in [0.15, 0.2) is 0 Å². The predicted octanol–water partition coefficient (Wildman–Crippen LogP) is 2.62. The summed E-state index contributed by atoms with van der Waals surface area (Å²) < 4.78 is 5.03. The molecule has 0 aliphatic carbocycles. The number of pyridine rings is 1. The lowest BCUT2D eigenvalue weighted by Gasteiger charge is -2.18. The van der Waals surface area contributed by atoms with Gasteiger partial charge in [0.25, 0.3) is 0 Å². The Kier molecular flexibility index (Phi) is 6.03. The average molecular weight is 306 g/mol. The molecule has 0 atom stereocenters. The van der Waals surface area contributed by atoms with Gasteiger partial charge in [-0.3, -0.25) is 4.79 Å². The number of carbonyl (C=O) groups is 2. The van der Waals surface area contributed by atoms with E-state index in [1.54, 1.807) is 33.8 Å². The van der Waals surface area contributed by atoms with E-state index in [-0.39, 0.29) is 12.3 Å². The molecule has 0 aromatic carbocycles. The molecule has 120 valence electrons. The van der Waals surface area contributed by atoms with Crippen LogP contribution in [0.1, 0.15) is 39.8 Å². The summed E-state index contributed by atoms with van der Waals surface area (Å²) in [7, 11) is 0. The lowest BCUT2D eigenvalue weighted by atomic mass is 10.2. The van der Waals surface area contributed by atoms with Gasteiger partial charge in [-0.15, -0.1) is 0 Å². The summed E-state index contributed by atoms with van der Waals surface area (Å²) in [6.45, 7) is 8.75. The molecule has 0 saturated carbocycles. The predicted molar refractivity (Wildman–Crippen MR) is 84.7 cm³/mol. The van der Waals surface area contributed by atoms with Crippen molar-refractivity contribution in [2.45, 2.75) is 46.6 Å². The number of nitrogens with zero attached hydrogens (tertiary/aromatic N) is 2. The van der Waals surface area contributed by atoms with Crippen molar-refractivity contribution in [2.75, 3.05) is 5.32 Å². The Labute approximate surface area is 130 Å². The van der Waals surface area contributed by atoms with Crippen LogP contribution in [0.5, 0.6) is 0 Å². The van der Waals surface area contributed by atoms with Crippen LogP contribution in [-0.4, -0.2) is 28.3 Å². The molecule has 7 nitrogen and oxygen atoms in total. The highest BCUT2D eigenvalue weighted by molar-refractivity contribution is 6.05. The van der Waals surface area contributed by atoms with Crippen LogP contribution < -0.4 is 10.7 Å². The average Bonchev–Trinajstić information content (AvgIpc) is 2.34. The number of aryl methyl sites for hydroxylation is 1. The number of anilines is 1. The minimum absolute atomic E-state index is 0.0470. The van der Waals surface area contributed by atoms with Gasteiger partial charge in [-0.1, -0.05) is 6.07 Å². The van der Waals surface area contributed by atoms with E-state index in [9.17, 15) is 9.59 Å². The monoisotopic (exact) mass is 306 g/mol. The van der Waals surface area contributed by atoms with Gasteiger partial charge in [0.2, 0.25) is 5.91 Å². The highest BCUT2D eigenvalue weighted by Crippen LogP contribution is 2.06. The molecule has 1 rings (SSSR count). The summed E-state index contributed by atoms with van der Waals surface area (Å²) in [6, 6.07) is 5.35. The van der Waals surface area contributed by atoms with Crippen molar-refractivity contribution in [3.8, 4) is 0 Å². The summed E-state index contributed by atoms with van der Waals surface area (Å²) in [5.41, 5.74) is 2.92. The van der Waals surface area contributed by atoms with Crippen molar-refractivity contribution in [1.82, 2.24) is 10.4 Å². The maximum Gasteiger partial charge on any atom is 0.428 e. The van der Waals surface area contributed by atoms with Gasteiger partial charge in [0.1, 0.15) is 11.4 Å². The maximum absolute atomic E-state index is 11.8. The van der Waals surface area contributed by atoms with Gasteiger partial charge >= 0.3 is 6.09 Å². The number of rotatable bonds is 4. The van der Waals surface area contributed by atoms with Crippen LogP contribution >= 0.6 is 0 Å². The number of nitrogens with one attached hydrogen (secondary N) is 2. The normalized spacial score (nSPS) is 11.8. The zero-order valence-corrected chi connectivity index (χ0v) is 13.6. The molecular formula is C15H22N4O3. The quantitative estimate of drug-likeness (QED) is 0.660. The topological polar surface area (TPSA) is 92.7 Å². The summed E-state index contributed by atoms with van der Waals surface area (Å²) in [5, 5.41) is 6.48. The molecule has 2 amide bonds. The molecule has 1 heterocycles. The summed E-state index contributed by atoms with van der Waals surface area (Å²) >= 11 is 0. The zero-order chi connectivity index (χ0) is 16.8. The van der Waals surface area contributed by atoms with Crippen molar-refractivity contribution >= 4 is 23.5 Å². The van der Waals surface area contributed by atoms with Gasteiger partial charge in [-0.05, 0) is 46.8 Å². The van der Waals surface area contributed by atoms with Gasteiger partial charge in [0.05, 0.1) is 6.42 Å². The Bertz CT molecular complexity index is 576. The molecule has 1 aromatic rings. The molecule has 0 radical (unpaired) electrons. The van der Waals surface area contributed by atoms with Gasteiger partial charge in [-0.25, -0.2) is 15.2 Å². The van der Waals surface area contributed by atoms with Gasteiger partial charge < -0.3 is 10.1 Å². The molecule has 1 aromatic heterocycles. The molecule has 2 N–H and O–H groups in total. The smallest absolute Gasteiger partial charge is 0.428 e. The molecule has 7 heteroatoms. The van der Waals surface area contributed by atoms with Crippen LogP contribution in [0.4, 0.5) is 10.6 Å². The fraction of sp³-hybridized carbons (Fsp3) is 0.467. The Hall–Kier alpha value is -2.44. The fourth-order valence-electron chi connectivity index (χ4n) is 1.51. The SMILES string of the molecule is CC(CC(=O)Nc1cccc(C)n1)=NNC(=O)OC(C)(C)C. The second-order valence-corrected chi connectivity index (χ2v) is 5.85. The number of hydrogen-bond acceptors (Lipinski definition) is 5. The first-order valence-electron chi connectivity index (χ1n) is 6.91. The maximum atomic E-state index is 11.8. The van der Waals surface area contributed by atoms with E-state index in [4.69, 9.17) is 4.74 Å². The summed E-state index contributed by atoms with van der Waals surface area (Å²) in [6.07, 6.45) is -0.613. The van der Waals surface area contributed by atoms with Crippen molar-refractivity contribution in [1.29, 1.82) is 0 Å². The third kappa shape index (κ3) is 7.37. The van der Waals surface area contributed by atoms with Crippen LogP contribution in [0.25, 0.3) is 0 Å². The zero-order valence-electron chi connectivity index (χ0n) is 13.6. The number of hydrogen-bond donors (Lipinski definition) is 2. The Morgan fingerprint density at radius 1 is 1.32 bits per heavy atom. The Morgan fingerprint density at radius 3 is 2.59 bits per heavy atom. The molecule has 0 saturated heterocycles. The standard InChI is InChI=1S/C15H22N4O3/c1-10-7-6-8-12(16-10)17-13(20)9-11(2)18-19-14(21)22-15(3,4)5/h6-8H,9H2,1-5H3,(H,19,21)(H,16,17,20). The van der Waals surface area contributed by atoms with Crippen LogP contribution in [0, 0.1) is 6.92 Å². The van der Waals surface area contributed by atoms with Crippen LogP contribution in [0.15, 0.2) is 23.3 Å². The number of aromatic nitrogens is 1.